The lowest BCUT2D eigenvalue weighted by Crippen LogP contribution is -2.27. The molecule has 19 heavy (non-hydrogen) atoms. The highest BCUT2D eigenvalue weighted by atomic mass is 19.1. The molecule has 1 aromatic rings. The first-order chi connectivity index (χ1) is 9.02. The molecule has 2 unspecified atom stereocenters. The van der Waals surface area contributed by atoms with Crippen molar-refractivity contribution in [3.8, 4) is 0 Å². The van der Waals surface area contributed by atoms with Crippen molar-refractivity contribution in [2.45, 2.75) is 39.7 Å². The molecule has 2 N–H and O–H groups in total. The van der Waals surface area contributed by atoms with E-state index >= 15 is 0 Å². The number of aliphatic hydroxyl groups excluding tert-OH is 1. The standard InChI is InChI=1S/C16H26FNO/c1-12(2)9-14(7-8-19)11-18-13(3)15-5-4-6-16(17)10-15/h4-6,10,12-14,18-19H,7-9,11H2,1-3H3. The molecule has 2 nitrogen and oxygen atoms in total. The minimum Gasteiger partial charge on any atom is -0.396 e. The third-order valence-corrected chi connectivity index (χ3v) is 3.40. The lowest BCUT2D eigenvalue weighted by molar-refractivity contribution is 0.237. The van der Waals surface area contributed by atoms with Crippen LogP contribution in [0.3, 0.4) is 0 Å². The highest BCUT2D eigenvalue weighted by Crippen LogP contribution is 2.17. The first-order valence-corrected chi connectivity index (χ1v) is 7.12. The fourth-order valence-corrected chi connectivity index (χ4v) is 2.39. The molecule has 108 valence electrons. The number of benzene rings is 1. The van der Waals surface area contributed by atoms with Crippen LogP contribution in [0, 0.1) is 17.7 Å². The number of nitrogens with one attached hydrogen (secondary N) is 1. The quantitative estimate of drug-likeness (QED) is 0.755. The zero-order valence-electron chi connectivity index (χ0n) is 12.2. The Morgan fingerprint density at radius 3 is 2.58 bits per heavy atom. The minimum atomic E-state index is -0.194. The second kappa shape index (κ2) is 8.28. The molecule has 0 aliphatic carbocycles. The van der Waals surface area contributed by atoms with Gasteiger partial charge in [0.1, 0.15) is 5.82 Å². The molecule has 1 aromatic carbocycles. The summed E-state index contributed by atoms with van der Waals surface area (Å²) < 4.78 is 13.2. The van der Waals surface area contributed by atoms with Crippen LogP contribution < -0.4 is 5.32 Å². The molecular formula is C16H26FNO. The van der Waals surface area contributed by atoms with E-state index in [0.717, 1.165) is 24.9 Å². The van der Waals surface area contributed by atoms with Crippen LogP contribution in [0.15, 0.2) is 24.3 Å². The zero-order chi connectivity index (χ0) is 14.3. The van der Waals surface area contributed by atoms with Gasteiger partial charge in [-0.1, -0.05) is 26.0 Å². The molecule has 0 aromatic heterocycles. The summed E-state index contributed by atoms with van der Waals surface area (Å²) in [6, 6.07) is 6.83. The maximum absolute atomic E-state index is 13.2. The Labute approximate surface area is 116 Å². The van der Waals surface area contributed by atoms with Gasteiger partial charge in [0.15, 0.2) is 0 Å². The van der Waals surface area contributed by atoms with Crippen LogP contribution in [0.25, 0.3) is 0 Å². The molecule has 0 aliphatic rings. The Bertz CT molecular complexity index is 368. The van der Waals surface area contributed by atoms with Gasteiger partial charge in [-0.2, -0.15) is 0 Å². The lowest BCUT2D eigenvalue weighted by Gasteiger charge is -2.22. The molecule has 2 atom stereocenters. The zero-order valence-corrected chi connectivity index (χ0v) is 12.2. The van der Waals surface area contributed by atoms with Crippen molar-refractivity contribution in [1.29, 1.82) is 0 Å². The van der Waals surface area contributed by atoms with E-state index in [-0.39, 0.29) is 18.5 Å². The molecule has 1 rings (SSSR count). The lowest BCUT2D eigenvalue weighted by atomic mass is 9.94. The number of halogens is 1. The Morgan fingerprint density at radius 2 is 2.00 bits per heavy atom. The van der Waals surface area contributed by atoms with Crippen LogP contribution in [0.1, 0.15) is 45.2 Å². The molecule has 0 bridgehead atoms. The largest absolute Gasteiger partial charge is 0.396 e. The Hall–Kier alpha value is -0.930. The maximum atomic E-state index is 13.2. The van der Waals surface area contributed by atoms with Crippen LogP contribution in [0.2, 0.25) is 0 Å². The third-order valence-electron chi connectivity index (χ3n) is 3.40. The summed E-state index contributed by atoms with van der Waals surface area (Å²) in [6.45, 7) is 7.52. The summed E-state index contributed by atoms with van der Waals surface area (Å²) in [6.07, 6.45) is 1.92. The van der Waals surface area contributed by atoms with Gasteiger partial charge in [-0.15, -0.1) is 0 Å². The van der Waals surface area contributed by atoms with E-state index in [1.54, 1.807) is 12.1 Å². The van der Waals surface area contributed by atoms with Crippen molar-refractivity contribution < 1.29 is 9.50 Å². The van der Waals surface area contributed by atoms with Crippen LogP contribution >= 0.6 is 0 Å². The van der Waals surface area contributed by atoms with Gasteiger partial charge < -0.3 is 10.4 Å². The first kappa shape index (κ1) is 16.1. The monoisotopic (exact) mass is 267 g/mol. The first-order valence-electron chi connectivity index (χ1n) is 7.12. The minimum absolute atomic E-state index is 0.129. The summed E-state index contributed by atoms with van der Waals surface area (Å²) in [5.74, 6) is 0.907. The third kappa shape index (κ3) is 6.17. The molecule has 0 fully saturated rings. The molecule has 0 amide bonds. The number of aliphatic hydroxyl groups is 1. The second-order valence-electron chi connectivity index (χ2n) is 5.69. The van der Waals surface area contributed by atoms with E-state index in [1.165, 1.54) is 6.07 Å². The second-order valence-corrected chi connectivity index (χ2v) is 5.69. The van der Waals surface area contributed by atoms with Gasteiger partial charge in [0.25, 0.3) is 0 Å². The van der Waals surface area contributed by atoms with Gasteiger partial charge in [0.05, 0.1) is 0 Å². The van der Waals surface area contributed by atoms with Gasteiger partial charge in [-0.05, 0) is 55.8 Å². The van der Waals surface area contributed by atoms with E-state index in [0.29, 0.717) is 11.8 Å². The highest BCUT2D eigenvalue weighted by Gasteiger charge is 2.13. The summed E-state index contributed by atoms with van der Waals surface area (Å²) in [5, 5.41) is 12.5. The molecule has 0 saturated heterocycles. The fraction of sp³-hybridized carbons (Fsp3) is 0.625. The Balaban J connectivity index is 2.49. The average molecular weight is 267 g/mol. The van der Waals surface area contributed by atoms with E-state index in [1.807, 2.05) is 13.0 Å². The van der Waals surface area contributed by atoms with E-state index in [4.69, 9.17) is 5.11 Å². The van der Waals surface area contributed by atoms with E-state index in [9.17, 15) is 4.39 Å². The number of rotatable bonds is 8. The molecule has 0 spiro atoms. The van der Waals surface area contributed by atoms with Crippen molar-refractivity contribution in [2.24, 2.45) is 11.8 Å². The molecule has 3 heteroatoms. The van der Waals surface area contributed by atoms with Gasteiger partial charge in [-0.3, -0.25) is 0 Å². The number of hydrogen-bond donors (Lipinski definition) is 2. The molecular weight excluding hydrogens is 241 g/mol. The Kier molecular flexibility index (Phi) is 7.03. The van der Waals surface area contributed by atoms with Gasteiger partial charge in [0, 0.05) is 12.6 Å². The molecule has 0 aliphatic heterocycles. The van der Waals surface area contributed by atoms with E-state index < -0.39 is 0 Å². The van der Waals surface area contributed by atoms with Crippen LogP contribution in [0.4, 0.5) is 4.39 Å². The summed E-state index contributed by atoms with van der Waals surface area (Å²) >= 11 is 0. The topological polar surface area (TPSA) is 32.3 Å². The highest BCUT2D eigenvalue weighted by molar-refractivity contribution is 5.19. The normalized spacial score (nSPS) is 14.6. The van der Waals surface area contributed by atoms with Crippen LogP contribution in [-0.2, 0) is 0 Å². The van der Waals surface area contributed by atoms with Crippen LogP contribution in [0.5, 0.6) is 0 Å². The fourth-order valence-electron chi connectivity index (χ4n) is 2.39. The van der Waals surface area contributed by atoms with Gasteiger partial charge >= 0.3 is 0 Å². The predicted octanol–water partition coefficient (Wildman–Crippen LogP) is 3.52. The van der Waals surface area contributed by atoms with Crippen molar-refractivity contribution in [1.82, 2.24) is 5.32 Å². The summed E-state index contributed by atoms with van der Waals surface area (Å²) in [4.78, 5) is 0. The van der Waals surface area contributed by atoms with Crippen LogP contribution in [-0.4, -0.2) is 18.3 Å². The predicted molar refractivity (Wildman–Crippen MR) is 77.5 cm³/mol. The van der Waals surface area contributed by atoms with Crippen molar-refractivity contribution in [2.75, 3.05) is 13.2 Å². The maximum Gasteiger partial charge on any atom is 0.123 e. The smallest absolute Gasteiger partial charge is 0.123 e. The molecule has 0 saturated carbocycles. The average Bonchev–Trinajstić information content (AvgIpc) is 2.35. The summed E-state index contributed by atoms with van der Waals surface area (Å²) in [5.41, 5.74) is 0.965. The van der Waals surface area contributed by atoms with Gasteiger partial charge in [-0.25, -0.2) is 4.39 Å². The van der Waals surface area contributed by atoms with Gasteiger partial charge in [0.2, 0.25) is 0 Å². The van der Waals surface area contributed by atoms with Crippen molar-refractivity contribution in [3.63, 3.8) is 0 Å². The Morgan fingerprint density at radius 1 is 1.26 bits per heavy atom. The van der Waals surface area contributed by atoms with Crippen molar-refractivity contribution >= 4 is 0 Å². The van der Waals surface area contributed by atoms with Crippen molar-refractivity contribution in [3.05, 3.63) is 35.6 Å². The SMILES string of the molecule is CC(C)CC(CCO)CNC(C)c1cccc(F)c1. The summed E-state index contributed by atoms with van der Waals surface area (Å²) in [7, 11) is 0. The molecule has 0 radical (unpaired) electrons. The molecule has 0 heterocycles. The van der Waals surface area contributed by atoms with E-state index in [2.05, 4.69) is 19.2 Å². The number of hydrogen-bond acceptors (Lipinski definition) is 2.